The summed E-state index contributed by atoms with van der Waals surface area (Å²) in [5.74, 6) is -0.109. The fourth-order valence-electron chi connectivity index (χ4n) is 2.97. The molecule has 8 heteroatoms. The fraction of sp³-hybridized carbons (Fsp3) is 0.316. The number of hydrogen-bond acceptors (Lipinski definition) is 4. The van der Waals surface area contributed by atoms with Crippen molar-refractivity contribution in [2.24, 2.45) is 0 Å². The van der Waals surface area contributed by atoms with Crippen molar-refractivity contribution in [3.05, 3.63) is 59.6 Å². The smallest absolute Gasteiger partial charge is 0.243 e. The van der Waals surface area contributed by atoms with Crippen molar-refractivity contribution in [2.45, 2.75) is 11.3 Å². The van der Waals surface area contributed by atoms with Crippen molar-refractivity contribution in [1.82, 2.24) is 9.21 Å². The minimum atomic E-state index is -3.45. The van der Waals surface area contributed by atoms with E-state index in [1.807, 2.05) is 6.07 Å². The highest BCUT2D eigenvalue weighted by molar-refractivity contribution is 7.89. The maximum absolute atomic E-state index is 12.6. The van der Waals surface area contributed by atoms with Gasteiger partial charge in [-0.1, -0.05) is 41.9 Å². The summed E-state index contributed by atoms with van der Waals surface area (Å²) in [5.41, 5.74) is 0.600. The number of rotatable bonds is 6. The van der Waals surface area contributed by atoms with Crippen molar-refractivity contribution in [3.63, 3.8) is 0 Å². The Morgan fingerprint density at radius 2 is 1.59 bits per heavy atom. The number of anilines is 1. The van der Waals surface area contributed by atoms with Gasteiger partial charge in [-0.2, -0.15) is 4.31 Å². The van der Waals surface area contributed by atoms with Gasteiger partial charge in [0.2, 0.25) is 15.9 Å². The van der Waals surface area contributed by atoms with Crippen LogP contribution in [-0.4, -0.2) is 56.3 Å². The lowest BCUT2D eigenvalue weighted by molar-refractivity contribution is -0.116. The second-order valence-corrected chi connectivity index (χ2v) is 8.68. The molecule has 0 saturated carbocycles. The van der Waals surface area contributed by atoms with E-state index in [2.05, 4.69) is 10.2 Å². The van der Waals surface area contributed by atoms with Crippen LogP contribution in [0.1, 0.15) is 6.42 Å². The molecule has 2 aromatic carbocycles. The zero-order valence-corrected chi connectivity index (χ0v) is 16.4. The van der Waals surface area contributed by atoms with E-state index in [4.69, 9.17) is 11.6 Å². The first-order valence-electron chi connectivity index (χ1n) is 8.79. The topological polar surface area (TPSA) is 69.7 Å². The molecule has 0 bridgehead atoms. The number of amides is 1. The highest BCUT2D eigenvalue weighted by Gasteiger charge is 2.28. The van der Waals surface area contributed by atoms with Crippen molar-refractivity contribution in [1.29, 1.82) is 0 Å². The average molecular weight is 408 g/mol. The Labute approximate surface area is 164 Å². The molecule has 1 saturated heterocycles. The van der Waals surface area contributed by atoms with Gasteiger partial charge in [-0.05, 0) is 24.3 Å². The number of nitrogens with zero attached hydrogens (tertiary/aromatic N) is 2. The quantitative estimate of drug-likeness (QED) is 0.799. The van der Waals surface area contributed by atoms with Crippen LogP contribution in [0.25, 0.3) is 0 Å². The molecule has 1 aliphatic rings. The van der Waals surface area contributed by atoms with E-state index in [1.54, 1.807) is 48.5 Å². The number of piperazine rings is 1. The van der Waals surface area contributed by atoms with Gasteiger partial charge >= 0.3 is 0 Å². The Hall–Kier alpha value is -1.93. The molecule has 1 heterocycles. The second-order valence-electron chi connectivity index (χ2n) is 6.34. The number of para-hydroxylation sites is 1. The van der Waals surface area contributed by atoms with Crippen LogP contribution in [0, 0.1) is 0 Å². The molecule has 0 unspecified atom stereocenters. The van der Waals surface area contributed by atoms with Crippen LogP contribution >= 0.6 is 11.6 Å². The summed E-state index contributed by atoms with van der Waals surface area (Å²) in [6.45, 7) is 2.62. The summed E-state index contributed by atoms with van der Waals surface area (Å²) in [7, 11) is -3.45. The summed E-state index contributed by atoms with van der Waals surface area (Å²) >= 11 is 6.04. The summed E-state index contributed by atoms with van der Waals surface area (Å²) in [5, 5.41) is 3.31. The minimum Gasteiger partial charge on any atom is -0.325 e. The molecule has 0 aliphatic carbocycles. The normalized spacial score (nSPS) is 16.2. The van der Waals surface area contributed by atoms with Crippen LogP contribution in [0.2, 0.25) is 5.02 Å². The lowest BCUT2D eigenvalue weighted by Crippen LogP contribution is -2.49. The number of halogens is 1. The molecule has 1 aliphatic heterocycles. The highest BCUT2D eigenvalue weighted by Crippen LogP contribution is 2.21. The Morgan fingerprint density at radius 3 is 2.26 bits per heavy atom. The molecule has 2 aromatic rings. The first-order chi connectivity index (χ1) is 13.0. The second kappa shape index (κ2) is 8.84. The third kappa shape index (κ3) is 5.07. The third-order valence-electron chi connectivity index (χ3n) is 4.52. The fourth-order valence-corrected chi connectivity index (χ4v) is 4.60. The van der Waals surface area contributed by atoms with Gasteiger partial charge in [-0.25, -0.2) is 8.42 Å². The van der Waals surface area contributed by atoms with Crippen molar-refractivity contribution in [3.8, 4) is 0 Å². The molecule has 1 fully saturated rings. The zero-order valence-electron chi connectivity index (χ0n) is 14.8. The zero-order chi connectivity index (χ0) is 19.3. The Balaban J connectivity index is 1.47. The van der Waals surface area contributed by atoms with E-state index in [-0.39, 0.29) is 5.91 Å². The van der Waals surface area contributed by atoms with E-state index in [0.29, 0.717) is 54.8 Å². The molecule has 3 rings (SSSR count). The Morgan fingerprint density at radius 1 is 0.963 bits per heavy atom. The predicted octanol–water partition coefficient (Wildman–Crippen LogP) is 2.68. The lowest BCUT2D eigenvalue weighted by atomic mass is 10.3. The Bertz CT molecular complexity index is 882. The van der Waals surface area contributed by atoms with E-state index in [1.165, 1.54) is 4.31 Å². The molecule has 0 aromatic heterocycles. The molecule has 144 valence electrons. The van der Waals surface area contributed by atoms with Crippen molar-refractivity contribution in [2.75, 3.05) is 38.0 Å². The molecule has 6 nitrogen and oxygen atoms in total. The van der Waals surface area contributed by atoms with E-state index in [0.717, 1.165) is 0 Å². The lowest BCUT2D eigenvalue weighted by Gasteiger charge is -2.33. The van der Waals surface area contributed by atoms with Crippen LogP contribution in [0.3, 0.4) is 0 Å². The van der Waals surface area contributed by atoms with Gasteiger partial charge in [0.15, 0.2) is 0 Å². The SMILES string of the molecule is O=C(CCN1CCN(S(=O)(=O)c2ccccc2)CC1)Nc1ccccc1Cl. The van der Waals surface area contributed by atoms with Gasteiger partial charge in [0.25, 0.3) is 0 Å². The van der Waals surface area contributed by atoms with Gasteiger partial charge in [0.1, 0.15) is 0 Å². The first kappa shape index (κ1) is 19.8. The van der Waals surface area contributed by atoms with Crippen molar-refractivity contribution >= 4 is 33.2 Å². The Kier molecular flexibility index (Phi) is 6.49. The number of carbonyl (C=O) groups is 1. The van der Waals surface area contributed by atoms with Crippen LogP contribution < -0.4 is 5.32 Å². The standard InChI is InChI=1S/C19H22ClN3O3S/c20-17-8-4-5-9-18(17)21-19(24)10-11-22-12-14-23(15-13-22)27(25,26)16-6-2-1-3-7-16/h1-9H,10-15H2,(H,21,24). The van der Waals surface area contributed by atoms with E-state index >= 15 is 0 Å². The molecule has 0 radical (unpaired) electrons. The molecule has 1 N–H and O–H groups in total. The molecule has 0 atom stereocenters. The molecular formula is C19H22ClN3O3S. The average Bonchev–Trinajstić information content (AvgIpc) is 2.69. The van der Waals surface area contributed by atoms with Gasteiger partial charge in [-0.3, -0.25) is 4.79 Å². The van der Waals surface area contributed by atoms with Crippen LogP contribution in [0.5, 0.6) is 0 Å². The van der Waals surface area contributed by atoms with Crippen LogP contribution in [0.4, 0.5) is 5.69 Å². The molecule has 1 amide bonds. The van der Waals surface area contributed by atoms with E-state index in [9.17, 15) is 13.2 Å². The summed E-state index contributed by atoms with van der Waals surface area (Å²) in [6.07, 6.45) is 0.330. The van der Waals surface area contributed by atoms with E-state index < -0.39 is 10.0 Å². The van der Waals surface area contributed by atoms with Gasteiger partial charge in [0.05, 0.1) is 15.6 Å². The summed E-state index contributed by atoms with van der Waals surface area (Å²) in [6, 6.07) is 15.6. The van der Waals surface area contributed by atoms with Crippen molar-refractivity contribution < 1.29 is 13.2 Å². The predicted molar refractivity (Wildman–Crippen MR) is 106 cm³/mol. The number of carbonyl (C=O) groups excluding carboxylic acids is 1. The number of benzene rings is 2. The molecule has 0 spiro atoms. The summed E-state index contributed by atoms with van der Waals surface area (Å²) < 4.78 is 26.8. The maximum Gasteiger partial charge on any atom is 0.243 e. The largest absolute Gasteiger partial charge is 0.325 e. The maximum atomic E-state index is 12.6. The van der Waals surface area contributed by atoms with Gasteiger partial charge in [0, 0.05) is 39.1 Å². The number of nitrogens with one attached hydrogen (secondary N) is 1. The van der Waals surface area contributed by atoms with Crippen LogP contribution in [-0.2, 0) is 14.8 Å². The monoisotopic (exact) mass is 407 g/mol. The van der Waals surface area contributed by atoms with Gasteiger partial charge < -0.3 is 10.2 Å². The summed E-state index contributed by atoms with van der Waals surface area (Å²) in [4.78, 5) is 14.5. The van der Waals surface area contributed by atoms with Gasteiger partial charge in [-0.15, -0.1) is 0 Å². The third-order valence-corrected chi connectivity index (χ3v) is 6.76. The van der Waals surface area contributed by atoms with Crippen LogP contribution in [0.15, 0.2) is 59.5 Å². The minimum absolute atomic E-state index is 0.109. The number of hydrogen-bond donors (Lipinski definition) is 1. The molecule has 27 heavy (non-hydrogen) atoms. The molecular weight excluding hydrogens is 386 g/mol. The number of sulfonamides is 1. The first-order valence-corrected chi connectivity index (χ1v) is 10.6. The highest BCUT2D eigenvalue weighted by atomic mass is 35.5.